The summed E-state index contributed by atoms with van der Waals surface area (Å²) in [5.74, 6) is -0.363. The fraction of sp³-hybridized carbons (Fsp3) is 0.389. The van der Waals surface area contributed by atoms with Crippen LogP contribution in [0.1, 0.15) is 40.9 Å². The Morgan fingerprint density at radius 1 is 1.40 bits per heavy atom. The molecule has 2 amide bonds. The number of aromatic nitrogens is 2. The van der Waals surface area contributed by atoms with E-state index in [9.17, 15) is 9.59 Å². The third-order valence-electron chi connectivity index (χ3n) is 4.77. The Bertz CT molecular complexity index is 785. The Morgan fingerprint density at radius 2 is 2.12 bits per heavy atom. The van der Waals surface area contributed by atoms with Crippen LogP contribution >= 0.6 is 15.9 Å². The molecule has 6 nitrogen and oxygen atoms in total. The molecule has 1 aliphatic heterocycles. The third-order valence-corrected chi connectivity index (χ3v) is 5.30. The van der Waals surface area contributed by atoms with E-state index < -0.39 is 5.91 Å². The van der Waals surface area contributed by atoms with Crippen LogP contribution < -0.4 is 11.1 Å². The molecule has 25 heavy (non-hydrogen) atoms. The van der Waals surface area contributed by atoms with Crippen molar-refractivity contribution in [3.05, 3.63) is 51.8 Å². The molecule has 132 valence electrons. The maximum atomic E-state index is 12.4. The van der Waals surface area contributed by atoms with E-state index in [4.69, 9.17) is 5.73 Å². The fourth-order valence-electron chi connectivity index (χ4n) is 3.18. The Hall–Kier alpha value is -2.15. The molecule has 0 radical (unpaired) electrons. The average molecular weight is 405 g/mol. The molecule has 2 aromatic rings. The topological polar surface area (TPSA) is 90.0 Å². The van der Waals surface area contributed by atoms with Crippen LogP contribution in [0.25, 0.3) is 0 Å². The van der Waals surface area contributed by atoms with Gasteiger partial charge in [-0.2, -0.15) is 5.10 Å². The lowest BCUT2D eigenvalue weighted by Gasteiger charge is -2.24. The van der Waals surface area contributed by atoms with Gasteiger partial charge >= 0.3 is 0 Å². The summed E-state index contributed by atoms with van der Waals surface area (Å²) in [7, 11) is 0. The number of aryl methyl sites for hydroxylation is 1. The first-order chi connectivity index (χ1) is 12.0. The lowest BCUT2D eigenvalue weighted by molar-refractivity contribution is -0.122. The molecule has 0 aliphatic carbocycles. The number of amides is 2. The third kappa shape index (κ3) is 3.92. The molecule has 2 heterocycles. The zero-order valence-corrected chi connectivity index (χ0v) is 15.6. The number of fused-ring (bicyclic) bond motifs is 1. The van der Waals surface area contributed by atoms with Crippen LogP contribution in [0.2, 0.25) is 0 Å². The normalized spacial score (nSPS) is 17.6. The summed E-state index contributed by atoms with van der Waals surface area (Å²) in [6, 6.07) is 7.78. The summed E-state index contributed by atoms with van der Waals surface area (Å²) >= 11 is 3.40. The van der Waals surface area contributed by atoms with E-state index in [-0.39, 0.29) is 17.7 Å². The predicted molar refractivity (Wildman–Crippen MR) is 98.1 cm³/mol. The molecule has 3 rings (SSSR count). The van der Waals surface area contributed by atoms with Gasteiger partial charge in [-0.3, -0.25) is 14.3 Å². The van der Waals surface area contributed by atoms with E-state index in [0.29, 0.717) is 18.5 Å². The smallest absolute Gasteiger partial charge is 0.252 e. The highest BCUT2D eigenvalue weighted by Crippen LogP contribution is 2.23. The molecule has 1 aliphatic rings. The number of rotatable bonds is 5. The lowest BCUT2D eigenvalue weighted by atomic mass is 9.93. The first-order valence-electron chi connectivity index (χ1n) is 8.33. The minimum atomic E-state index is -0.449. The molecule has 7 heteroatoms. The number of hydrogen-bond donors (Lipinski definition) is 2. The van der Waals surface area contributed by atoms with Gasteiger partial charge in [0.2, 0.25) is 5.91 Å². The molecule has 0 spiro atoms. The Balaban J connectivity index is 1.58. The van der Waals surface area contributed by atoms with Gasteiger partial charge in [0.05, 0.1) is 23.4 Å². The van der Waals surface area contributed by atoms with Crippen LogP contribution in [0, 0.1) is 5.92 Å². The van der Waals surface area contributed by atoms with Crippen molar-refractivity contribution in [1.29, 1.82) is 0 Å². The zero-order chi connectivity index (χ0) is 18.0. The maximum absolute atomic E-state index is 12.4. The predicted octanol–water partition coefficient (Wildman–Crippen LogP) is 2.23. The second kappa shape index (κ2) is 7.39. The first-order valence-corrected chi connectivity index (χ1v) is 9.12. The van der Waals surface area contributed by atoms with Crippen molar-refractivity contribution in [3.63, 3.8) is 0 Å². The highest BCUT2D eigenvalue weighted by molar-refractivity contribution is 9.10. The second-order valence-corrected chi connectivity index (χ2v) is 7.39. The number of primary amides is 1. The number of halogens is 1. The summed E-state index contributed by atoms with van der Waals surface area (Å²) in [4.78, 5) is 23.9. The second-order valence-electron chi connectivity index (χ2n) is 6.47. The first kappa shape index (κ1) is 17.7. The lowest BCUT2D eigenvalue weighted by Crippen LogP contribution is -2.35. The molecule has 1 aromatic carbocycles. The largest absolute Gasteiger partial charge is 0.365 e. The zero-order valence-electron chi connectivity index (χ0n) is 14.0. The van der Waals surface area contributed by atoms with E-state index in [1.807, 2.05) is 35.9 Å². The molecule has 0 saturated carbocycles. The maximum Gasteiger partial charge on any atom is 0.252 e. The van der Waals surface area contributed by atoms with Gasteiger partial charge in [0.1, 0.15) is 0 Å². The summed E-state index contributed by atoms with van der Waals surface area (Å²) in [6.07, 6.45) is 3.15. The molecule has 1 aromatic heterocycles. The van der Waals surface area contributed by atoms with Gasteiger partial charge in [-0.05, 0) is 43.4 Å². The minimum absolute atomic E-state index is 0.0107. The number of carbonyl (C=O) groups excluding carboxylic acids is 2. The van der Waals surface area contributed by atoms with Gasteiger partial charge in [0.15, 0.2) is 0 Å². The minimum Gasteiger partial charge on any atom is -0.365 e. The average Bonchev–Trinajstić information content (AvgIpc) is 3.03. The van der Waals surface area contributed by atoms with Crippen LogP contribution in [0.3, 0.4) is 0 Å². The number of nitrogens with two attached hydrogens (primary N) is 1. The molecule has 0 saturated heterocycles. The summed E-state index contributed by atoms with van der Waals surface area (Å²) in [5, 5.41) is 7.25. The summed E-state index contributed by atoms with van der Waals surface area (Å²) in [6.45, 7) is 3.23. The van der Waals surface area contributed by atoms with E-state index in [1.165, 1.54) is 6.20 Å². The number of benzene rings is 1. The number of hydrogen-bond acceptors (Lipinski definition) is 3. The Labute approximate surface area is 154 Å². The fourth-order valence-corrected chi connectivity index (χ4v) is 3.44. The van der Waals surface area contributed by atoms with E-state index >= 15 is 0 Å². The monoisotopic (exact) mass is 404 g/mol. The molecule has 0 bridgehead atoms. The molecule has 0 fully saturated rings. The van der Waals surface area contributed by atoms with E-state index in [2.05, 4.69) is 26.3 Å². The van der Waals surface area contributed by atoms with Crippen molar-refractivity contribution in [2.75, 3.05) is 6.54 Å². The van der Waals surface area contributed by atoms with Crippen molar-refractivity contribution >= 4 is 27.7 Å². The molecule has 0 unspecified atom stereocenters. The standard InChI is InChI=1S/C18H21BrN4O2/c1-11(13-2-4-14(19)5-3-13)18(25)21-9-12-6-7-23-16(8-12)15(10-22-23)17(20)24/h2-5,10-12H,6-9H2,1H3,(H2,20,24)(H,21,25)/t11-,12+/m0/s1. The quantitative estimate of drug-likeness (QED) is 0.800. The van der Waals surface area contributed by atoms with Crippen molar-refractivity contribution in [3.8, 4) is 0 Å². The van der Waals surface area contributed by atoms with Gasteiger partial charge in [-0.25, -0.2) is 0 Å². The van der Waals surface area contributed by atoms with Gasteiger partial charge < -0.3 is 11.1 Å². The van der Waals surface area contributed by atoms with E-state index in [1.54, 1.807) is 0 Å². The van der Waals surface area contributed by atoms with E-state index in [0.717, 1.165) is 28.7 Å². The van der Waals surface area contributed by atoms with Crippen molar-refractivity contribution in [2.45, 2.75) is 32.2 Å². The Kier molecular flexibility index (Phi) is 5.22. The highest BCUT2D eigenvalue weighted by Gasteiger charge is 2.25. The van der Waals surface area contributed by atoms with Crippen molar-refractivity contribution < 1.29 is 9.59 Å². The van der Waals surface area contributed by atoms with Gasteiger partial charge in [0, 0.05) is 17.6 Å². The summed E-state index contributed by atoms with van der Waals surface area (Å²) in [5.41, 5.74) is 7.74. The number of nitrogens with zero attached hydrogens (tertiary/aromatic N) is 2. The molecule has 3 N–H and O–H groups in total. The molecular weight excluding hydrogens is 384 g/mol. The number of carbonyl (C=O) groups is 2. The number of nitrogens with one attached hydrogen (secondary N) is 1. The Morgan fingerprint density at radius 3 is 2.80 bits per heavy atom. The summed E-state index contributed by atoms with van der Waals surface area (Å²) < 4.78 is 2.83. The SMILES string of the molecule is C[C@H](C(=O)NC[C@@H]1CCn2ncc(C(N)=O)c2C1)c1ccc(Br)cc1. The van der Waals surface area contributed by atoms with Gasteiger partial charge in [0.25, 0.3) is 5.91 Å². The van der Waals surface area contributed by atoms with Crippen LogP contribution in [0.5, 0.6) is 0 Å². The van der Waals surface area contributed by atoms with Crippen LogP contribution in [-0.2, 0) is 17.8 Å². The van der Waals surface area contributed by atoms with Crippen molar-refractivity contribution in [2.24, 2.45) is 11.7 Å². The van der Waals surface area contributed by atoms with Crippen LogP contribution in [0.4, 0.5) is 0 Å². The molecular formula is C18H21BrN4O2. The van der Waals surface area contributed by atoms with Gasteiger partial charge in [-0.15, -0.1) is 0 Å². The highest BCUT2D eigenvalue weighted by atomic mass is 79.9. The molecule has 2 atom stereocenters. The van der Waals surface area contributed by atoms with Crippen LogP contribution in [-0.4, -0.2) is 28.1 Å². The van der Waals surface area contributed by atoms with Gasteiger partial charge in [-0.1, -0.05) is 28.1 Å². The van der Waals surface area contributed by atoms with Crippen LogP contribution in [0.15, 0.2) is 34.9 Å². The van der Waals surface area contributed by atoms with Crippen molar-refractivity contribution in [1.82, 2.24) is 15.1 Å².